The fourth-order valence-corrected chi connectivity index (χ4v) is 4.07. The highest BCUT2D eigenvalue weighted by Crippen LogP contribution is 2.48. The number of phenolic OH excluding ortho intramolecular Hbond substituents is 4. The molecule has 0 saturated heterocycles. The summed E-state index contributed by atoms with van der Waals surface area (Å²) in [5.41, 5.74) is -0.0609. The number of terminal acetylenes is 1. The van der Waals surface area contributed by atoms with E-state index < -0.39 is 23.0 Å². The number of carbonyl (C=O) groups excluding carboxylic acids is 2. The molecule has 188 valence electrons. The molecule has 8 nitrogen and oxygen atoms in total. The van der Waals surface area contributed by atoms with E-state index >= 15 is 0 Å². The minimum absolute atomic E-state index is 0.0293. The number of Topliss-reactive ketones (excluding diaryl/α,β-unsaturated/α-hetero) is 2. The molecule has 0 heterocycles. The van der Waals surface area contributed by atoms with E-state index in [0.29, 0.717) is 12.8 Å². The second kappa shape index (κ2) is 11.5. The van der Waals surface area contributed by atoms with Crippen LogP contribution >= 0.6 is 0 Å². The molecule has 0 spiro atoms. The molecule has 0 saturated carbocycles. The van der Waals surface area contributed by atoms with Gasteiger partial charge in [0.1, 0.15) is 52.2 Å². The Bertz CT molecular complexity index is 1190. The summed E-state index contributed by atoms with van der Waals surface area (Å²) in [6, 6.07) is 0. The van der Waals surface area contributed by atoms with E-state index in [2.05, 4.69) is 5.92 Å². The van der Waals surface area contributed by atoms with Gasteiger partial charge in [-0.15, -0.1) is 6.42 Å². The first-order valence-electron chi connectivity index (χ1n) is 11.4. The van der Waals surface area contributed by atoms with E-state index in [4.69, 9.17) is 15.9 Å². The van der Waals surface area contributed by atoms with Gasteiger partial charge in [0.15, 0.2) is 11.6 Å². The van der Waals surface area contributed by atoms with Crippen molar-refractivity contribution in [1.29, 1.82) is 0 Å². The van der Waals surface area contributed by atoms with Crippen molar-refractivity contribution in [1.82, 2.24) is 0 Å². The standard InChI is InChI=1S/C27H32O8/c1-7-10-18(28)20-24(32)16(22(30)14(4)26(20)34-6)13-17-23(31)15(5)27(35-12-9-3)21(25(17)33)19(29)11-8-2/h3,30-33H,7-8,10-13H2,1-2,4-6H3. The molecule has 0 atom stereocenters. The Labute approximate surface area is 205 Å². The average molecular weight is 485 g/mol. The quantitative estimate of drug-likeness (QED) is 0.266. The van der Waals surface area contributed by atoms with Crippen LogP contribution in [0, 0.1) is 26.2 Å². The lowest BCUT2D eigenvalue weighted by Gasteiger charge is -2.21. The Morgan fingerprint density at radius 1 is 0.800 bits per heavy atom. The molecule has 0 aliphatic rings. The van der Waals surface area contributed by atoms with Crippen molar-refractivity contribution in [3.05, 3.63) is 33.4 Å². The predicted octanol–water partition coefficient (Wildman–Crippen LogP) is 4.70. The fraction of sp³-hybridized carbons (Fsp3) is 0.407. The number of hydrogen-bond acceptors (Lipinski definition) is 8. The van der Waals surface area contributed by atoms with Crippen LogP contribution < -0.4 is 9.47 Å². The lowest BCUT2D eigenvalue weighted by atomic mass is 9.89. The van der Waals surface area contributed by atoms with Crippen LogP contribution in [0.5, 0.6) is 34.5 Å². The largest absolute Gasteiger partial charge is 0.507 e. The maximum absolute atomic E-state index is 12.9. The smallest absolute Gasteiger partial charge is 0.170 e. The lowest BCUT2D eigenvalue weighted by molar-refractivity contribution is 0.0966. The number of phenols is 4. The summed E-state index contributed by atoms with van der Waals surface area (Å²) in [6.45, 7) is 6.46. The molecule has 0 aliphatic carbocycles. The molecule has 4 N–H and O–H groups in total. The third-order valence-corrected chi connectivity index (χ3v) is 5.83. The van der Waals surface area contributed by atoms with Crippen molar-refractivity contribution < 1.29 is 39.5 Å². The van der Waals surface area contributed by atoms with E-state index in [0.717, 1.165) is 0 Å². The number of methoxy groups -OCH3 is 1. The third-order valence-electron chi connectivity index (χ3n) is 5.83. The van der Waals surface area contributed by atoms with E-state index in [1.165, 1.54) is 21.0 Å². The maximum Gasteiger partial charge on any atom is 0.170 e. The zero-order chi connectivity index (χ0) is 26.4. The van der Waals surface area contributed by atoms with Crippen LogP contribution in [0.4, 0.5) is 0 Å². The Morgan fingerprint density at radius 2 is 1.23 bits per heavy atom. The lowest BCUT2D eigenvalue weighted by Crippen LogP contribution is -2.10. The number of ether oxygens (including phenoxy) is 2. The van der Waals surface area contributed by atoms with Gasteiger partial charge in [0.05, 0.1) is 7.11 Å². The first-order valence-corrected chi connectivity index (χ1v) is 11.4. The topological polar surface area (TPSA) is 134 Å². The first-order chi connectivity index (χ1) is 16.6. The Balaban J connectivity index is 2.83. The Hall–Kier alpha value is -3.86. The van der Waals surface area contributed by atoms with E-state index in [9.17, 15) is 30.0 Å². The monoisotopic (exact) mass is 484 g/mol. The minimum atomic E-state index is -0.549. The van der Waals surface area contributed by atoms with Crippen molar-refractivity contribution in [2.45, 2.75) is 59.8 Å². The molecule has 0 aromatic heterocycles. The molecule has 35 heavy (non-hydrogen) atoms. The molecule has 2 aromatic rings. The highest BCUT2D eigenvalue weighted by molar-refractivity contribution is 6.03. The van der Waals surface area contributed by atoms with Crippen molar-refractivity contribution in [2.24, 2.45) is 0 Å². The van der Waals surface area contributed by atoms with Crippen molar-refractivity contribution in [3.63, 3.8) is 0 Å². The van der Waals surface area contributed by atoms with Gasteiger partial charge in [-0.1, -0.05) is 19.8 Å². The molecule has 0 amide bonds. The summed E-state index contributed by atoms with van der Waals surface area (Å²) in [7, 11) is 1.32. The average Bonchev–Trinajstić information content (AvgIpc) is 2.82. The summed E-state index contributed by atoms with van der Waals surface area (Å²) in [4.78, 5) is 25.6. The third kappa shape index (κ3) is 5.14. The molecular weight excluding hydrogens is 452 g/mol. The molecule has 0 fully saturated rings. The van der Waals surface area contributed by atoms with Gasteiger partial charge in [-0.3, -0.25) is 9.59 Å². The van der Waals surface area contributed by atoms with Crippen LogP contribution in [-0.2, 0) is 6.42 Å². The van der Waals surface area contributed by atoms with Gasteiger partial charge < -0.3 is 29.9 Å². The van der Waals surface area contributed by atoms with Gasteiger partial charge >= 0.3 is 0 Å². The summed E-state index contributed by atoms with van der Waals surface area (Å²) in [6.07, 6.45) is 6.17. The number of benzene rings is 2. The molecule has 0 radical (unpaired) electrons. The second-order valence-electron chi connectivity index (χ2n) is 8.23. The van der Waals surface area contributed by atoms with E-state index in [-0.39, 0.29) is 82.3 Å². The van der Waals surface area contributed by atoms with Gasteiger partial charge in [0.25, 0.3) is 0 Å². The van der Waals surface area contributed by atoms with Crippen LogP contribution in [0.25, 0.3) is 0 Å². The molecule has 2 rings (SSSR count). The maximum atomic E-state index is 12.9. The number of carbonyl (C=O) groups is 2. The zero-order valence-corrected chi connectivity index (χ0v) is 20.7. The van der Waals surface area contributed by atoms with Crippen LogP contribution in [-0.4, -0.2) is 45.7 Å². The SMILES string of the molecule is C#CCOc1c(C)c(O)c(Cc2c(O)c(C)c(OC)c(C(=O)CCC)c2O)c(O)c1C(=O)CCC. The van der Waals surface area contributed by atoms with Gasteiger partial charge in [0.2, 0.25) is 0 Å². The Morgan fingerprint density at radius 3 is 1.63 bits per heavy atom. The van der Waals surface area contributed by atoms with Crippen molar-refractivity contribution in [2.75, 3.05) is 13.7 Å². The number of ketones is 2. The molecule has 0 unspecified atom stereocenters. The highest BCUT2D eigenvalue weighted by Gasteiger charge is 2.31. The zero-order valence-electron chi connectivity index (χ0n) is 20.7. The van der Waals surface area contributed by atoms with Crippen molar-refractivity contribution in [3.8, 4) is 46.8 Å². The van der Waals surface area contributed by atoms with Gasteiger partial charge in [-0.2, -0.15) is 0 Å². The summed E-state index contributed by atoms with van der Waals surface area (Å²) >= 11 is 0. The normalized spacial score (nSPS) is 10.6. The molecule has 2 aromatic carbocycles. The number of aromatic hydroxyl groups is 4. The summed E-state index contributed by atoms with van der Waals surface area (Å²) < 4.78 is 10.8. The predicted molar refractivity (Wildman–Crippen MR) is 131 cm³/mol. The van der Waals surface area contributed by atoms with Crippen LogP contribution in [0.1, 0.15) is 82.5 Å². The summed E-state index contributed by atoms with van der Waals surface area (Å²) in [5.74, 6) is -0.320. The number of hydrogen-bond donors (Lipinski definition) is 4. The molecular formula is C27H32O8. The minimum Gasteiger partial charge on any atom is -0.507 e. The molecule has 0 bridgehead atoms. The highest BCUT2D eigenvalue weighted by atomic mass is 16.5. The fourth-order valence-electron chi connectivity index (χ4n) is 4.07. The van der Waals surface area contributed by atoms with Gasteiger partial charge in [-0.25, -0.2) is 0 Å². The molecule has 0 aliphatic heterocycles. The van der Waals surface area contributed by atoms with Gasteiger partial charge in [-0.05, 0) is 26.7 Å². The van der Waals surface area contributed by atoms with Crippen molar-refractivity contribution >= 4 is 11.6 Å². The van der Waals surface area contributed by atoms with E-state index in [1.807, 2.05) is 6.92 Å². The van der Waals surface area contributed by atoms with Gasteiger partial charge in [0, 0.05) is 41.5 Å². The summed E-state index contributed by atoms with van der Waals surface area (Å²) in [5, 5.41) is 43.8. The van der Waals surface area contributed by atoms with Crippen LogP contribution in [0.2, 0.25) is 0 Å². The Kier molecular flexibility index (Phi) is 9.01. The van der Waals surface area contributed by atoms with E-state index in [1.54, 1.807) is 6.92 Å². The van der Waals surface area contributed by atoms with Crippen LogP contribution in [0.15, 0.2) is 0 Å². The second-order valence-corrected chi connectivity index (χ2v) is 8.23. The van der Waals surface area contributed by atoms with Crippen LogP contribution in [0.3, 0.4) is 0 Å². The number of rotatable bonds is 11. The first kappa shape index (κ1) is 27.4. The molecule has 8 heteroatoms.